The Hall–Kier alpha value is -2.24. The molecule has 2 rings (SSSR count). The van der Waals surface area contributed by atoms with Crippen LogP contribution in [-0.4, -0.2) is 88.2 Å². The van der Waals surface area contributed by atoms with Crippen LogP contribution in [0.2, 0.25) is 0 Å². The van der Waals surface area contributed by atoms with Crippen molar-refractivity contribution in [3.63, 3.8) is 0 Å². The smallest absolute Gasteiger partial charge is 0.335 e. The molecule has 10 nitrogen and oxygen atoms in total. The standard InChI is InChI=1S/C18H29NO3.C4H6O6/c1-14(2)19-11-17(20)13-22-18-7-5-15(6-8-18)9-10-21-12-16-3-4-16;5-1(3(7)8)2(6)4(9)10/h5-8,14,16-17,19-20H,3-4,9-13H2,1-2H3;1-2,5-6H,(H,7,8)(H,9,10). The van der Waals surface area contributed by atoms with Crippen LogP contribution in [-0.2, 0) is 20.7 Å². The van der Waals surface area contributed by atoms with Gasteiger partial charge in [-0.05, 0) is 42.9 Å². The van der Waals surface area contributed by atoms with Crippen molar-refractivity contribution in [2.24, 2.45) is 5.92 Å². The number of rotatable bonds is 14. The van der Waals surface area contributed by atoms with Crippen molar-refractivity contribution in [1.82, 2.24) is 5.32 Å². The molecule has 32 heavy (non-hydrogen) atoms. The second kappa shape index (κ2) is 14.8. The van der Waals surface area contributed by atoms with E-state index in [1.807, 2.05) is 12.1 Å². The van der Waals surface area contributed by atoms with E-state index in [4.69, 9.17) is 29.9 Å². The number of aliphatic carboxylic acids is 2. The number of ether oxygens (including phenoxy) is 2. The molecule has 6 N–H and O–H groups in total. The van der Waals surface area contributed by atoms with Gasteiger partial charge in [0.05, 0.1) is 6.61 Å². The summed E-state index contributed by atoms with van der Waals surface area (Å²) in [5.74, 6) is -1.91. The summed E-state index contributed by atoms with van der Waals surface area (Å²) in [7, 11) is 0. The Kier molecular flexibility index (Phi) is 12.8. The molecule has 0 saturated heterocycles. The Morgan fingerprint density at radius 3 is 2.06 bits per heavy atom. The lowest BCUT2D eigenvalue weighted by Gasteiger charge is -2.15. The van der Waals surface area contributed by atoms with Gasteiger partial charge in [0.15, 0.2) is 12.2 Å². The molecular weight excluding hydrogens is 422 g/mol. The number of carboxylic acids is 2. The van der Waals surface area contributed by atoms with Crippen molar-refractivity contribution >= 4 is 11.9 Å². The highest BCUT2D eigenvalue weighted by Gasteiger charge is 2.29. The monoisotopic (exact) mass is 457 g/mol. The minimum atomic E-state index is -2.27. The fraction of sp³-hybridized carbons (Fsp3) is 0.636. The van der Waals surface area contributed by atoms with Crippen LogP contribution in [0.3, 0.4) is 0 Å². The van der Waals surface area contributed by atoms with Crippen LogP contribution in [0.4, 0.5) is 0 Å². The summed E-state index contributed by atoms with van der Waals surface area (Å²) >= 11 is 0. The van der Waals surface area contributed by atoms with Gasteiger partial charge in [-0.15, -0.1) is 0 Å². The first-order chi connectivity index (χ1) is 15.1. The highest BCUT2D eigenvalue weighted by atomic mass is 16.5. The largest absolute Gasteiger partial charge is 0.491 e. The van der Waals surface area contributed by atoms with E-state index in [9.17, 15) is 14.7 Å². The van der Waals surface area contributed by atoms with Crippen LogP contribution in [0.5, 0.6) is 5.75 Å². The molecular formula is C22H35NO9. The van der Waals surface area contributed by atoms with Crippen molar-refractivity contribution in [2.75, 3.05) is 26.4 Å². The molecule has 1 aliphatic carbocycles. The molecule has 0 radical (unpaired) electrons. The maximum Gasteiger partial charge on any atom is 0.335 e. The predicted molar refractivity (Wildman–Crippen MR) is 116 cm³/mol. The van der Waals surface area contributed by atoms with E-state index in [-0.39, 0.29) is 0 Å². The third-order valence-corrected chi connectivity index (χ3v) is 4.52. The number of carboxylic acid groups (broad SMARTS) is 2. The first-order valence-corrected chi connectivity index (χ1v) is 10.6. The minimum Gasteiger partial charge on any atom is -0.491 e. The number of nitrogens with one attached hydrogen (secondary N) is 1. The fourth-order valence-corrected chi connectivity index (χ4v) is 2.37. The first kappa shape index (κ1) is 27.8. The summed E-state index contributed by atoms with van der Waals surface area (Å²) in [5.41, 5.74) is 1.25. The molecule has 1 aromatic rings. The third-order valence-electron chi connectivity index (χ3n) is 4.52. The molecule has 1 aliphatic rings. The Balaban J connectivity index is 0.000000433. The van der Waals surface area contributed by atoms with E-state index < -0.39 is 30.3 Å². The van der Waals surface area contributed by atoms with E-state index >= 15 is 0 Å². The lowest BCUT2D eigenvalue weighted by atomic mass is 10.1. The molecule has 3 atom stereocenters. The zero-order chi connectivity index (χ0) is 24.1. The molecule has 1 aromatic carbocycles. The van der Waals surface area contributed by atoms with Crippen LogP contribution < -0.4 is 10.1 Å². The number of benzene rings is 1. The van der Waals surface area contributed by atoms with Crippen molar-refractivity contribution in [3.8, 4) is 5.75 Å². The van der Waals surface area contributed by atoms with Crippen LogP contribution in [0.25, 0.3) is 0 Å². The number of aliphatic hydroxyl groups excluding tert-OH is 3. The Morgan fingerprint density at radius 2 is 1.59 bits per heavy atom. The summed E-state index contributed by atoms with van der Waals surface area (Å²) < 4.78 is 11.2. The van der Waals surface area contributed by atoms with Crippen molar-refractivity contribution < 1.29 is 44.6 Å². The Bertz CT molecular complexity index is 658. The minimum absolute atomic E-state index is 0.309. The molecule has 0 aliphatic heterocycles. The molecule has 3 unspecified atom stereocenters. The highest BCUT2D eigenvalue weighted by molar-refractivity contribution is 5.83. The SMILES string of the molecule is CC(C)NCC(O)COc1ccc(CCOCC2CC2)cc1.O=C(O)C(O)C(O)C(=O)O. The van der Waals surface area contributed by atoms with Crippen LogP contribution in [0.1, 0.15) is 32.3 Å². The van der Waals surface area contributed by atoms with Gasteiger partial charge in [0.2, 0.25) is 0 Å². The predicted octanol–water partition coefficient (Wildman–Crippen LogP) is 0.271. The number of carbonyl (C=O) groups is 2. The van der Waals surface area contributed by atoms with Crippen molar-refractivity contribution in [3.05, 3.63) is 29.8 Å². The Labute approximate surface area is 187 Å². The summed E-state index contributed by atoms with van der Waals surface area (Å²) in [6.07, 6.45) is -1.41. The van der Waals surface area contributed by atoms with Crippen molar-refractivity contribution in [2.45, 2.75) is 57.5 Å². The van der Waals surface area contributed by atoms with Crippen LogP contribution >= 0.6 is 0 Å². The van der Waals surface area contributed by atoms with E-state index in [0.29, 0.717) is 19.2 Å². The Morgan fingerprint density at radius 1 is 1.03 bits per heavy atom. The fourth-order valence-electron chi connectivity index (χ4n) is 2.37. The van der Waals surface area contributed by atoms with Gasteiger partial charge in [-0.3, -0.25) is 0 Å². The second-order valence-electron chi connectivity index (χ2n) is 8.01. The van der Waals surface area contributed by atoms with Gasteiger partial charge in [-0.25, -0.2) is 9.59 Å². The average molecular weight is 458 g/mol. The zero-order valence-electron chi connectivity index (χ0n) is 18.5. The van der Waals surface area contributed by atoms with Crippen LogP contribution in [0.15, 0.2) is 24.3 Å². The maximum atomic E-state index is 9.80. The number of aliphatic hydroxyl groups is 3. The van der Waals surface area contributed by atoms with E-state index in [1.165, 1.54) is 18.4 Å². The summed E-state index contributed by atoms with van der Waals surface area (Å²) in [6, 6.07) is 8.41. The maximum absolute atomic E-state index is 9.80. The van der Waals surface area contributed by atoms with Gasteiger partial charge >= 0.3 is 11.9 Å². The third kappa shape index (κ3) is 12.6. The quantitative estimate of drug-likeness (QED) is 0.214. The first-order valence-electron chi connectivity index (χ1n) is 10.6. The zero-order valence-corrected chi connectivity index (χ0v) is 18.5. The molecule has 10 heteroatoms. The van der Waals surface area contributed by atoms with Gasteiger partial charge in [0.1, 0.15) is 18.5 Å². The second-order valence-corrected chi connectivity index (χ2v) is 8.01. The molecule has 1 saturated carbocycles. The van der Waals surface area contributed by atoms with E-state index in [0.717, 1.165) is 31.3 Å². The van der Waals surface area contributed by atoms with Crippen LogP contribution in [0, 0.1) is 5.92 Å². The van der Waals surface area contributed by atoms with Gasteiger partial charge in [-0.2, -0.15) is 0 Å². The lowest BCUT2D eigenvalue weighted by Crippen LogP contribution is -2.39. The summed E-state index contributed by atoms with van der Waals surface area (Å²) in [6.45, 7) is 6.68. The summed E-state index contributed by atoms with van der Waals surface area (Å²) in [4.78, 5) is 19.5. The number of hydrogen-bond donors (Lipinski definition) is 6. The molecule has 1 fully saturated rings. The van der Waals surface area contributed by atoms with E-state index in [1.54, 1.807) is 0 Å². The van der Waals surface area contributed by atoms with Gasteiger partial charge < -0.3 is 40.3 Å². The topological polar surface area (TPSA) is 166 Å². The average Bonchev–Trinajstić information content (AvgIpc) is 3.58. The lowest BCUT2D eigenvalue weighted by molar-refractivity contribution is -0.165. The molecule has 182 valence electrons. The summed E-state index contributed by atoms with van der Waals surface area (Å²) in [5, 5.41) is 45.5. The van der Waals surface area contributed by atoms with E-state index in [2.05, 4.69) is 31.3 Å². The molecule has 0 spiro atoms. The molecule has 0 aromatic heterocycles. The molecule has 0 bridgehead atoms. The highest BCUT2D eigenvalue weighted by Crippen LogP contribution is 2.28. The van der Waals surface area contributed by atoms with Gasteiger partial charge in [-0.1, -0.05) is 26.0 Å². The van der Waals surface area contributed by atoms with Gasteiger partial charge in [0.25, 0.3) is 0 Å². The molecule has 0 heterocycles. The number of hydrogen-bond acceptors (Lipinski definition) is 8. The van der Waals surface area contributed by atoms with Crippen molar-refractivity contribution in [1.29, 1.82) is 0 Å². The normalized spacial score (nSPS) is 15.9. The molecule has 0 amide bonds. The van der Waals surface area contributed by atoms with Gasteiger partial charge in [0, 0.05) is 19.2 Å².